The van der Waals surface area contributed by atoms with Gasteiger partial charge in [-0.1, -0.05) is 6.07 Å². The SMILES string of the molecule is COc1ccc2ncc(F)c(CCC34CCC(NCc5ccc6c(c5)NC(=O)CS6)(CC3)CO4)c2n1. The summed E-state index contributed by atoms with van der Waals surface area (Å²) in [5.41, 5.74) is 3.59. The summed E-state index contributed by atoms with van der Waals surface area (Å²) in [5.74, 6) is 0.649. The van der Waals surface area contributed by atoms with Crippen LogP contribution in [0, 0.1) is 5.82 Å². The van der Waals surface area contributed by atoms with E-state index in [1.165, 1.54) is 6.20 Å². The Kier molecular flexibility index (Phi) is 6.09. The van der Waals surface area contributed by atoms with E-state index in [2.05, 4.69) is 38.8 Å². The number of anilines is 1. The minimum Gasteiger partial charge on any atom is -0.481 e. The van der Waals surface area contributed by atoms with Crippen LogP contribution in [0.1, 0.15) is 43.2 Å². The van der Waals surface area contributed by atoms with E-state index in [9.17, 15) is 9.18 Å². The highest BCUT2D eigenvalue weighted by atomic mass is 32.2. The molecule has 3 fully saturated rings. The Morgan fingerprint density at radius 3 is 2.86 bits per heavy atom. The van der Waals surface area contributed by atoms with Gasteiger partial charge in [-0.15, -0.1) is 11.8 Å². The van der Waals surface area contributed by atoms with Gasteiger partial charge >= 0.3 is 0 Å². The molecule has 1 amide bonds. The molecule has 3 aromatic rings. The molecule has 2 bridgehead atoms. The van der Waals surface area contributed by atoms with Crippen LogP contribution in [0.3, 0.4) is 0 Å². The Morgan fingerprint density at radius 2 is 2.08 bits per heavy atom. The van der Waals surface area contributed by atoms with Gasteiger partial charge in [0.05, 0.1) is 48.0 Å². The van der Waals surface area contributed by atoms with Crippen LogP contribution in [0.4, 0.5) is 10.1 Å². The molecule has 9 heteroatoms. The van der Waals surface area contributed by atoms with Crippen molar-refractivity contribution >= 4 is 34.4 Å². The average Bonchev–Trinajstić information content (AvgIpc) is 2.92. The molecule has 36 heavy (non-hydrogen) atoms. The Hall–Kier alpha value is -2.75. The first kappa shape index (κ1) is 23.6. The van der Waals surface area contributed by atoms with Crippen molar-refractivity contribution in [2.45, 2.75) is 61.1 Å². The number of thioether (sulfide) groups is 1. The first-order chi connectivity index (χ1) is 17.5. The largest absolute Gasteiger partial charge is 0.481 e. The van der Waals surface area contributed by atoms with Crippen LogP contribution in [0.15, 0.2) is 41.4 Å². The molecule has 0 spiro atoms. The maximum Gasteiger partial charge on any atom is 0.234 e. The van der Waals surface area contributed by atoms with Gasteiger partial charge < -0.3 is 20.1 Å². The van der Waals surface area contributed by atoms with Crippen molar-refractivity contribution in [3.8, 4) is 5.88 Å². The van der Waals surface area contributed by atoms with Crippen LogP contribution in [-0.2, 0) is 22.5 Å². The molecule has 7 nitrogen and oxygen atoms in total. The third-order valence-corrected chi connectivity index (χ3v) is 8.97. The molecule has 2 N–H and O–H groups in total. The highest BCUT2D eigenvalue weighted by Crippen LogP contribution is 2.46. The van der Waals surface area contributed by atoms with Gasteiger partial charge in [-0.05, 0) is 62.3 Å². The molecule has 1 aliphatic carbocycles. The van der Waals surface area contributed by atoms with E-state index in [1.807, 2.05) is 6.07 Å². The van der Waals surface area contributed by atoms with Crippen LogP contribution in [0.5, 0.6) is 5.88 Å². The second kappa shape index (κ2) is 9.28. The van der Waals surface area contributed by atoms with E-state index in [4.69, 9.17) is 9.47 Å². The molecular formula is C27H29FN4O3S. The van der Waals surface area contributed by atoms with Gasteiger partial charge in [0, 0.05) is 28.6 Å². The molecule has 1 saturated carbocycles. The van der Waals surface area contributed by atoms with Gasteiger partial charge in [0.15, 0.2) is 0 Å². The molecule has 4 aliphatic rings. The van der Waals surface area contributed by atoms with Crippen LogP contribution in [-0.4, -0.2) is 46.5 Å². The summed E-state index contributed by atoms with van der Waals surface area (Å²) in [6.07, 6.45) is 6.51. The molecule has 7 rings (SSSR count). The molecule has 2 saturated heterocycles. The summed E-state index contributed by atoms with van der Waals surface area (Å²) in [5, 5.41) is 6.73. The molecule has 1 aromatic carbocycles. The Labute approximate surface area is 213 Å². The second-order valence-corrected chi connectivity index (χ2v) is 11.1. The monoisotopic (exact) mass is 508 g/mol. The number of carbonyl (C=O) groups is 1. The standard InChI is InChI=1S/C27H29FN4O3S/c1-34-24-5-3-20-25(32-24)18(19(28)14-29-20)6-7-27-10-8-26(9-11-27,16-35-27)30-13-17-2-4-22-21(12-17)31-23(33)15-36-22/h2-5,12,14,30H,6-11,13,15-16H2,1H3,(H,31,33). The lowest BCUT2D eigenvalue weighted by molar-refractivity contribution is -0.165. The fourth-order valence-electron chi connectivity index (χ4n) is 5.63. The number of nitrogens with zero attached hydrogens (tertiary/aromatic N) is 2. The van der Waals surface area contributed by atoms with E-state index in [1.54, 1.807) is 24.9 Å². The average molecular weight is 509 g/mol. The van der Waals surface area contributed by atoms with Gasteiger partial charge in [0.1, 0.15) is 5.82 Å². The number of carbonyl (C=O) groups excluding carboxylic acids is 1. The number of aryl methyl sites for hydroxylation is 1. The number of methoxy groups -OCH3 is 1. The molecule has 5 heterocycles. The zero-order valence-electron chi connectivity index (χ0n) is 20.2. The maximum atomic E-state index is 14.8. The lowest BCUT2D eigenvalue weighted by atomic mass is 9.69. The molecule has 0 unspecified atom stereocenters. The number of pyridine rings is 2. The Morgan fingerprint density at radius 1 is 1.22 bits per heavy atom. The van der Waals surface area contributed by atoms with Crippen molar-refractivity contribution in [2.24, 2.45) is 0 Å². The van der Waals surface area contributed by atoms with E-state index in [-0.39, 0.29) is 22.9 Å². The van der Waals surface area contributed by atoms with Crippen molar-refractivity contribution < 1.29 is 18.7 Å². The number of benzene rings is 1. The number of hydrogen-bond donors (Lipinski definition) is 2. The first-order valence-corrected chi connectivity index (χ1v) is 13.4. The zero-order chi connectivity index (χ0) is 24.8. The third kappa shape index (κ3) is 4.44. The summed E-state index contributed by atoms with van der Waals surface area (Å²) >= 11 is 1.58. The Bertz CT molecular complexity index is 1310. The molecule has 2 aromatic heterocycles. The lowest BCUT2D eigenvalue weighted by Gasteiger charge is -2.53. The molecule has 0 radical (unpaired) electrons. The normalized spacial score (nSPS) is 25.0. The van der Waals surface area contributed by atoms with E-state index < -0.39 is 0 Å². The first-order valence-electron chi connectivity index (χ1n) is 12.4. The molecule has 3 aliphatic heterocycles. The highest BCUT2D eigenvalue weighted by molar-refractivity contribution is 8.00. The number of hydrogen-bond acceptors (Lipinski definition) is 7. The van der Waals surface area contributed by atoms with Crippen LogP contribution in [0.25, 0.3) is 11.0 Å². The topological polar surface area (TPSA) is 85.4 Å². The van der Waals surface area contributed by atoms with Gasteiger partial charge in [-0.3, -0.25) is 9.78 Å². The zero-order valence-corrected chi connectivity index (χ0v) is 21.0. The predicted octanol–water partition coefficient (Wildman–Crippen LogP) is 4.63. The maximum absolute atomic E-state index is 14.8. The fraction of sp³-hybridized carbons (Fsp3) is 0.444. The molecule has 188 valence electrons. The second-order valence-electron chi connectivity index (χ2n) is 10.1. The van der Waals surface area contributed by atoms with Gasteiger partial charge in [0.2, 0.25) is 11.8 Å². The van der Waals surface area contributed by atoms with Crippen LogP contribution >= 0.6 is 11.8 Å². The smallest absolute Gasteiger partial charge is 0.234 e. The van der Waals surface area contributed by atoms with Crippen LogP contribution < -0.4 is 15.4 Å². The summed E-state index contributed by atoms with van der Waals surface area (Å²) < 4.78 is 26.5. The van der Waals surface area contributed by atoms with E-state index in [0.29, 0.717) is 41.3 Å². The summed E-state index contributed by atoms with van der Waals surface area (Å²) in [7, 11) is 1.56. The number of halogens is 1. The van der Waals surface area contributed by atoms with Gasteiger partial charge in [-0.25, -0.2) is 9.37 Å². The van der Waals surface area contributed by atoms with Gasteiger partial charge in [0.25, 0.3) is 0 Å². The van der Waals surface area contributed by atoms with Crippen molar-refractivity contribution in [1.82, 2.24) is 15.3 Å². The Balaban J connectivity index is 1.10. The predicted molar refractivity (Wildman–Crippen MR) is 137 cm³/mol. The summed E-state index contributed by atoms with van der Waals surface area (Å²) in [4.78, 5) is 21.5. The fourth-order valence-corrected chi connectivity index (χ4v) is 6.41. The number of nitrogens with one attached hydrogen (secondary N) is 2. The third-order valence-electron chi connectivity index (χ3n) is 7.90. The highest BCUT2D eigenvalue weighted by Gasteiger charge is 2.49. The summed E-state index contributed by atoms with van der Waals surface area (Å²) in [6, 6.07) is 9.84. The van der Waals surface area contributed by atoms with E-state index >= 15 is 0 Å². The number of aromatic nitrogens is 2. The van der Waals surface area contributed by atoms with Crippen molar-refractivity contribution in [3.63, 3.8) is 0 Å². The van der Waals surface area contributed by atoms with E-state index in [0.717, 1.165) is 54.8 Å². The number of rotatable bonds is 7. The molecule has 0 atom stereocenters. The lowest BCUT2D eigenvalue weighted by Crippen LogP contribution is -2.61. The minimum atomic E-state index is -0.332. The number of amides is 1. The van der Waals surface area contributed by atoms with Crippen molar-refractivity contribution in [2.75, 3.05) is 24.8 Å². The molecular weight excluding hydrogens is 479 g/mol. The van der Waals surface area contributed by atoms with Crippen molar-refractivity contribution in [1.29, 1.82) is 0 Å². The number of fused-ring (bicyclic) bond motifs is 5. The van der Waals surface area contributed by atoms with Gasteiger partial charge in [-0.2, -0.15) is 0 Å². The van der Waals surface area contributed by atoms with Crippen LogP contribution in [0.2, 0.25) is 0 Å². The van der Waals surface area contributed by atoms with Crippen molar-refractivity contribution in [3.05, 3.63) is 53.5 Å². The minimum absolute atomic E-state index is 0.0425. The quantitative estimate of drug-likeness (QED) is 0.482. The number of ether oxygens (including phenoxy) is 2. The summed E-state index contributed by atoms with van der Waals surface area (Å²) in [6.45, 7) is 1.38.